The minimum Gasteiger partial charge on any atom is -0.292 e. The molecular formula is C18H19ClN2O2. The van der Waals surface area contributed by atoms with Gasteiger partial charge in [0, 0.05) is 23.0 Å². The molecule has 2 atom stereocenters. The molecule has 2 unspecified atom stereocenters. The van der Waals surface area contributed by atoms with Crippen molar-refractivity contribution in [2.75, 3.05) is 13.1 Å². The lowest BCUT2D eigenvalue weighted by Gasteiger charge is -2.15. The van der Waals surface area contributed by atoms with Gasteiger partial charge < -0.3 is 0 Å². The van der Waals surface area contributed by atoms with Crippen LogP contribution in [-0.4, -0.2) is 29.0 Å². The second-order valence-corrected chi connectivity index (χ2v) is 6.55. The Morgan fingerprint density at radius 2 is 1.96 bits per heavy atom. The van der Waals surface area contributed by atoms with Crippen molar-refractivity contribution in [1.29, 1.82) is 0 Å². The van der Waals surface area contributed by atoms with Crippen molar-refractivity contribution in [2.24, 2.45) is 0 Å². The molecule has 1 fully saturated rings. The summed E-state index contributed by atoms with van der Waals surface area (Å²) in [7, 11) is 0. The van der Waals surface area contributed by atoms with E-state index in [4.69, 9.17) is 11.6 Å². The van der Waals surface area contributed by atoms with E-state index in [0.717, 1.165) is 17.7 Å². The molecule has 120 valence electrons. The first kappa shape index (κ1) is 16.0. The summed E-state index contributed by atoms with van der Waals surface area (Å²) in [5, 5.41) is 12.2. The largest absolute Gasteiger partial charge is 0.292 e. The first-order valence-corrected chi connectivity index (χ1v) is 8.08. The minimum atomic E-state index is -0.570. The molecular weight excluding hydrogens is 312 g/mol. The van der Waals surface area contributed by atoms with Gasteiger partial charge in [0.15, 0.2) is 0 Å². The molecule has 1 aliphatic rings. The van der Waals surface area contributed by atoms with E-state index in [-0.39, 0.29) is 10.8 Å². The van der Waals surface area contributed by atoms with Crippen molar-refractivity contribution in [2.45, 2.75) is 25.4 Å². The van der Waals surface area contributed by atoms with E-state index < -0.39 is 6.04 Å². The number of nitro groups is 1. The van der Waals surface area contributed by atoms with E-state index >= 15 is 0 Å². The summed E-state index contributed by atoms with van der Waals surface area (Å²) in [5.41, 5.74) is 3.15. The molecule has 0 saturated carbocycles. The number of nitrogens with zero attached hydrogens (tertiary/aromatic N) is 2. The molecule has 0 spiro atoms. The molecule has 1 saturated heterocycles. The summed E-state index contributed by atoms with van der Waals surface area (Å²) in [4.78, 5) is 13.5. The highest BCUT2D eigenvalue weighted by Crippen LogP contribution is 2.32. The standard InChI is InChI=1S/C18H19ClN2O2/c1-13-9-15(7-8-17(13)19)16-11-20(12-18(16)21(22)23)10-14-5-3-2-4-6-14/h2-9,16,18H,10-12H2,1H3. The Kier molecular flexibility index (Phi) is 4.64. The Balaban J connectivity index is 1.81. The number of likely N-dealkylation sites (tertiary alicyclic amines) is 1. The number of rotatable bonds is 4. The lowest BCUT2D eigenvalue weighted by Crippen LogP contribution is -2.28. The second kappa shape index (κ2) is 6.69. The Hall–Kier alpha value is -1.91. The molecule has 1 heterocycles. The summed E-state index contributed by atoms with van der Waals surface area (Å²) >= 11 is 6.08. The highest BCUT2D eigenvalue weighted by atomic mass is 35.5. The number of hydrogen-bond donors (Lipinski definition) is 0. The van der Waals surface area contributed by atoms with Crippen LogP contribution in [0.1, 0.15) is 22.6 Å². The molecule has 0 aliphatic carbocycles. The van der Waals surface area contributed by atoms with Crippen molar-refractivity contribution in [1.82, 2.24) is 4.90 Å². The third kappa shape index (κ3) is 3.54. The molecule has 0 radical (unpaired) electrons. The summed E-state index contributed by atoms with van der Waals surface area (Å²) in [6.07, 6.45) is 0. The van der Waals surface area contributed by atoms with E-state index in [0.29, 0.717) is 18.1 Å². The van der Waals surface area contributed by atoms with E-state index in [2.05, 4.69) is 17.0 Å². The Morgan fingerprint density at radius 1 is 1.22 bits per heavy atom. The monoisotopic (exact) mass is 330 g/mol. The average molecular weight is 331 g/mol. The summed E-state index contributed by atoms with van der Waals surface area (Å²) in [5.74, 6) is -0.0929. The number of aryl methyl sites for hydroxylation is 1. The van der Waals surface area contributed by atoms with Gasteiger partial charge in [-0.25, -0.2) is 0 Å². The van der Waals surface area contributed by atoms with E-state index in [1.807, 2.05) is 43.3 Å². The molecule has 1 aliphatic heterocycles. The van der Waals surface area contributed by atoms with Crippen LogP contribution in [0.3, 0.4) is 0 Å². The fraction of sp³-hybridized carbons (Fsp3) is 0.333. The van der Waals surface area contributed by atoms with Gasteiger partial charge >= 0.3 is 0 Å². The number of hydrogen-bond acceptors (Lipinski definition) is 3. The third-order valence-electron chi connectivity index (χ3n) is 4.49. The van der Waals surface area contributed by atoms with Crippen LogP contribution in [0.4, 0.5) is 0 Å². The first-order chi connectivity index (χ1) is 11.0. The summed E-state index contributed by atoms with van der Waals surface area (Å²) < 4.78 is 0. The van der Waals surface area contributed by atoms with E-state index in [1.54, 1.807) is 0 Å². The van der Waals surface area contributed by atoms with Gasteiger partial charge in [-0.3, -0.25) is 15.0 Å². The maximum absolute atomic E-state index is 11.5. The van der Waals surface area contributed by atoms with Gasteiger partial charge in [0.1, 0.15) is 0 Å². The maximum atomic E-state index is 11.5. The highest BCUT2D eigenvalue weighted by molar-refractivity contribution is 6.31. The van der Waals surface area contributed by atoms with Gasteiger partial charge in [-0.05, 0) is 29.7 Å². The van der Waals surface area contributed by atoms with Gasteiger partial charge in [0.2, 0.25) is 6.04 Å². The van der Waals surface area contributed by atoms with Crippen LogP contribution in [0.2, 0.25) is 5.02 Å². The zero-order valence-corrected chi connectivity index (χ0v) is 13.7. The van der Waals surface area contributed by atoms with Gasteiger partial charge in [0.05, 0.1) is 12.5 Å². The molecule has 0 aromatic heterocycles. The highest BCUT2D eigenvalue weighted by Gasteiger charge is 2.41. The lowest BCUT2D eigenvalue weighted by molar-refractivity contribution is -0.521. The van der Waals surface area contributed by atoms with Crippen molar-refractivity contribution in [3.05, 3.63) is 80.4 Å². The molecule has 0 amide bonds. The Labute approximate surface area is 140 Å². The summed E-state index contributed by atoms with van der Waals surface area (Å²) in [6.45, 7) is 3.85. The normalized spacial score (nSPS) is 21.5. The van der Waals surface area contributed by atoms with Crippen LogP contribution >= 0.6 is 11.6 Å². The molecule has 4 nitrogen and oxygen atoms in total. The van der Waals surface area contributed by atoms with Gasteiger partial charge in [0.25, 0.3) is 0 Å². The molecule has 0 bridgehead atoms. The number of benzene rings is 2. The van der Waals surface area contributed by atoms with E-state index in [9.17, 15) is 10.1 Å². The predicted molar refractivity (Wildman–Crippen MR) is 91.4 cm³/mol. The average Bonchev–Trinajstić information content (AvgIpc) is 2.95. The van der Waals surface area contributed by atoms with Crippen molar-refractivity contribution in [3.8, 4) is 0 Å². The van der Waals surface area contributed by atoms with Crippen LogP contribution < -0.4 is 0 Å². The van der Waals surface area contributed by atoms with Crippen LogP contribution in [0, 0.1) is 17.0 Å². The topological polar surface area (TPSA) is 46.4 Å². The molecule has 5 heteroatoms. The molecule has 23 heavy (non-hydrogen) atoms. The van der Waals surface area contributed by atoms with Gasteiger partial charge in [-0.1, -0.05) is 54.1 Å². The van der Waals surface area contributed by atoms with Crippen LogP contribution in [0.25, 0.3) is 0 Å². The fourth-order valence-corrected chi connectivity index (χ4v) is 3.39. The quantitative estimate of drug-likeness (QED) is 0.631. The Morgan fingerprint density at radius 3 is 2.61 bits per heavy atom. The molecule has 2 aromatic rings. The lowest BCUT2D eigenvalue weighted by atomic mass is 9.93. The van der Waals surface area contributed by atoms with Crippen molar-refractivity contribution in [3.63, 3.8) is 0 Å². The van der Waals surface area contributed by atoms with E-state index in [1.165, 1.54) is 5.56 Å². The van der Waals surface area contributed by atoms with Crippen molar-refractivity contribution >= 4 is 11.6 Å². The zero-order chi connectivity index (χ0) is 16.4. The second-order valence-electron chi connectivity index (χ2n) is 6.15. The number of halogens is 1. The van der Waals surface area contributed by atoms with Crippen LogP contribution in [0.15, 0.2) is 48.5 Å². The maximum Gasteiger partial charge on any atom is 0.233 e. The molecule has 3 rings (SSSR count). The molecule has 0 N–H and O–H groups in total. The molecule has 2 aromatic carbocycles. The van der Waals surface area contributed by atoms with Gasteiger partial charge in [-0.2, -0.15) is 0 Å². The Bertz CT molecular complexity index is 705. The smallest absolute Gasteiger partial charge is 0.233 e. The van der Waals surface area contributed by atoms with Crippen LogP contribution in [-0.2, 0) is 6.54 Å². The summed E-state index contributed by atoms with van der Waals surface area (Å²) in [6, 6.07) is 15.3. The first-order valence-electron chi connectivity index (χ1n) is 7.70. The van der Waals surface area contributed by atoms with Crippen molar-refractivity contribution < 1.29 is 4.92 Å². The SMILES string of the molecule is Cc1cc(C2CN(Cc3ccccc3)CC2[N+](=O)[O-])ccc1Cl. The zero-order valence-electron chi connectivity index (χ0n) is 13.0. The third-order valence-corrected chi connectivity index (χ3v) is 4.92. The van der Waals surface area contributed by atoms with Crippen LogP contribution in [0.5, 0.6) is 0 Å². The van der Waals surface area contributed by atoms with Gasteiger partial charge in [-0.15, -0.1) is 0 Å². The minimum absolute atomic E-state index is 0.0929. The predicted octanol–water partition coefficient (Wildman–Crippen LogP) is 3.89. The fourth-order valence-electron chi connectivity index (χ4n) is 3.28.